The molecule has 0 amide bonds. The number of rotatable bonds is 2. The molecule has 0 rings (SSSR count). The molecule has 0 aromatic heterocycles. The second-order valence-electron chi connectivity index (χ2n) is 1.53. The Morgan fingerprint density at radius 3 is 2.14 bits per heavy atom. The summed E-state index contributed by atoms with van der Waals surface area (Å²) in [6.07, 6.45) is 0. The maximum atomic E-state index is 10.1. The Bertz CT molecular complexity index is 75.3. The first-order valence-electron chi connectivity index (χ1n) is 2.02. The van der Waals surface area contributed by atoms with E-state index in [0.717, 1.165) is 0 Å². The smallest absolute Gasteiger partial charge is 0.0899 e. The van der Waals surface area contributed by atoms with E-state index in [1.165, 1.54) is 0 Å². The fraction of sp³-hybridized carbons (Fsp3) is 1.00. The summed E-state index contributed by atoms with van der Waals surface area (Å²) in [6.45, 7) is 3.77. The Morgan fingerprint density at radius 1 is 1.71 bits per heavy atom. The largest absolute Gasteiger partial charge is 0.553 e. The lowest BCUT2D eigenvalue weighted by Gasteiger charge is -1.88. The number of hydrogen-bond acceptors (Lipinski definition) is 1. The molecule has 2 nitrogen and oxygen atoms in total. The van der Waals surface area contributed by atoms with Gasteiger partial charge in [-0.2, -0.15) is 0 Å². The van der Waals surface area contributed by atoms with E-state index in [-0.39, 0.29) is 6.04 Å². The maximum absolute atomic E-state index is 10.1. The second-order valence-corrected chi connectivity index (χ2v) is 3.20. The molecule has 0 aliphatic rings. The van der Waals surface area contributed by atoms with Crippen molar-refractivity contribution >= 4 is 18.5 Å². The average molecular weight is 141 g/mol. The van der Waals surface area contributed by atoms with Gasteiger partial charge in [-0.1, -0.05) is 5.09 Å². The van der Waals surface area contributed by atoms with Crippen LogP contribution in [0.1, 0.15) is 13.8 Å². The van der Waals surface area contributed by atoms with Crippen LogP contribution in [-0.4, -0.2) is 6.04 Å². The summed E-state index contributed by atoms with van der Waals surface area (Å²) in [6, 6.07) is 0.209. The zero-order chi connectivity index (χ0) is 5.86. The summed E-state index contributed by atoms with van der Waals surface area (Å²) >= 11 is 5.07. The Balaban J connectivity index is 3.13. The van der Waals surface area contributed by atoms with E-state index in [1.54, 1.807) is 0 Å². The molecule has 1 unspecified atom stereocenters. The highest BCUT2D eigenvalue weighted by atomic mass is 35.7. The summed E-state index contributed by atoms with van der Waals surface area (Å²) in [5, 5.41) is 2.58. The molecular weight excluding hydrogens is 132 g/mol. The molecule has 0 saturated carbocycles. The summed E-state index contributed by atoms with van der Waals surface area (Å²) in [7, 11) is -1.67. The van der Waals surface area contributed by atoms with Gasteiger partial charge in [-0.25, -0.2) is 0 Å². The number of halogens is 1. The molecule has 4 heteroatoms. The Kier molecular flexibility index (Phi) is 3.53. The quantitative estimate of drug-likeness (QED) is 0.594. The molecule has 0 heterocycles. The summed E-state index contributed by atoms with van der Waals surface area (Å²) in [5.74, 6) is 0. The van der Waals surface area contributed by atoms with Crippen molar-refractivity contribution in [2.45, 2.75) is 19.9 Å². The number of hydrogen-bond donors (Lipinski definition) is 1. The molecule has 0 saturated heterocycles. The van der Waals surface area contributed by atoms with E-state index in [2.05, 4.69) is 5.09 Å². The lowest BCUT2D eigenvalue weighted by Crippen LogP contribution is -2.11. The summed E-state index contributed by atoms with van der Waals surface area (Å²) in [5.41, 5.74) is 0. The first-order valence-corrected chi connectivity index (χ1v) is 4.18. The third-order valence-electron chi connectivity index (χ3n) is 0.360. The molecule has 7 heavy (non-hydrogen) atoms. The minimum atomic E-state index is -1.67. The first kappa shape index (κ1) is 7.35. The van der Waals surface area contributed by atoms with Crippen molar-refractivity contribution in [3.63, 3.8) is 0 Å². The van der Waals surface area contributed by atoms with Crippen molar-refractivity contribution in [1.82, 2.24) is 5.09 Å². The van der Waals surface area contributed by atoms with Gasteiger partial charge in [-0.15, -0.1) is 0 Å². The van der Waals surface area contributed by atoms with Crippen LogP contribution in [0.5, 0.6) is 0 Å². The number of nitrogens with one attached hydrogen (secondary N) is 1. The van der Waals surface area contributed by atoms with Gasteiger partial charge in [0.15, 0.2) is 0 Å². The van der Waals surface area contributed by atoms with E-state index in [9.17, 15) is 4.57 Å². The van der Waals surface area contributed by atoms with Crippen molar-refractivity contribution < 1.29 is 4.57 Å². The molecule has 0 aliphatic carbocycles. The van der Waals surface area contributed by atoms with Gasteiger partial charge in [0, 0.05) is 6.04 Å². The molecule has 1 atom stereocenters. The van der Waals surface area contributed by atoms with Crippen molar-refractivity contribution in [2.75, 3.05) is 0 Å². The van der Waals surface area contributed by atoms with Crippen LogP contribution < -0.4 is 5.09 Å². The van der Waals surface area contributed by atoms with Gasteiger partial charge >= 0.3 is 7.30 Å². The topological polar surface area (TPSA) is 29.1 Å². The van der Waals surface area contributed by atoms with Crippen LogP contribution in [0.3, 0.4) is 0 Å². The van der Waals surface area contributed by atoms with Gasteiger partial charge in [-0.3, -0.25) is 0 Å². The zero-order valence-electron chi connectivity index (χ0n) is 4.31. The highest BCUT2D eigenvalue weighted by molar-refractivity contribution is 7.72. The first-order chi connectivity index (χ1) is 3.13. The molecule has 0 aromatic rings. The monoisotopic (exact) mass is 140 g/mol. The van der Waals surface area contributed by atoms with Gasteiger partial charge in [-0.05, 0) is 18.4 Å². The Morgan fingerprint density at radius 2 is 2.14 bits per heavy atom. The summed E-state index contributed by atoms with van der Waals surface area (Å²) < 4.78 is 10.1. The fourth-order valence-corrected chi connectivity index (χ4v) is 1.19. The zero-order valence-corrected chi connectivity index (χ0v) is 5.96. The standard InChI is InChI=1S/C3H8ClNOP/c1-3(2)5-7(4)6/h3H,1-2H3,(H,5,6)/q+1. The van der Waals surface area contributed by atoms with Gasteiger partial charge < -0.3 is 0 Å². The van der Waals surface area contributed by atoms with Crippen LogP contribution in [0.25, 0.3) is 0 Å². The molecule has 1 N–H and O–H groups in total. The van der Waals surface area contributed by atoms with Gasteiger partial charge in [0.1, 0.15) is 0 Å². The SMILES string of the molecule is CC(C)N[P+](=O)Cl. The molecule has 0 fully saturated rings. The maximum Gasteiger partial charge on any atom is 0.553 e. The fourth-order valence-electron chi connectivity index (χ4n) is 0.203. The third kappa shape index (κ3) is 6.35. The highest BCUT2D eigenvalue weighted by Crippen LogP contribution is 2.20. The third-order valence-corrected chi connectivity index (χ3v) is 1.37. The van der Waals surface area contributed by atoms with Gasteiger partial charge in [0.05, 0.1) is 0 Å². The van der Waals surface area contributed by atoms with Crippen LogP contribution in [0.4, 0.5) is 0 Å². The molecule has 0 spiro atoms. The highest BCUT2D eigenvalue weighted by Gasteiger charge is 2.10. The van der Waals surface area contributed by atoms with Crippen LogP contribution in [0.2, 0.25) is 0 Å². The van der Waals surface area contributed by atoms with Crippen molar-refractivity contribution in [1.29, 1.82) is 0 Å². The van der Waals surface area contributed by atoms with E-state index < -0.39 is 7.30 Å². The molecule has 42 valence electrons. The minimum absolute atomic E-state index is 0.209. The second kappa shape index (κ2) is 3.36. The normalized spacial score (nSPS) is 12.3. The van der Waals surface area contributed by atoms with E-state index in [4.69, 9.17) is 11.2 Å². The molecular formula is C3H8ClNOP+. The Hall–Kier alpha value is 0.350. The van der Waals surface area contributed by atoms with E-state index >= 15 is 0 Å². The van der Waals surface area contributed by atoms with Crippen molar-refractivity contribution in [3.8, 4) is 0 Å². The van der Waals surface area contributed by atoms with E-state index in [0.29, 0.717) is 0 Å². The van der Waals surface area contributed by atoms with Crippen LogP contribution in [-0.2, 0) is 4.57 Å². The van der Waals surface area contributed by atoms with Crippen molar-refractivity contribution in [2.24, 2.45) is 0 Å². The lowest BCUT2D eigenvalue weighted by molar-refractivity contribution is 0.581. The van der Waals surface area contributed by atoms with Gasteiger partial charge in [0.2, 0.25) is 11.2 Å². The van der Waals surface area contributed by atoms with Crippen LogP contribution in [0, 0.1) is 0 Å². The predicted molar refractivity (Wildman–Crippen MR) is 31.7 cm³/mol. The Labute approximate surface area is 48.9 Å². The van der Waals surface area contributed by atoms with Gasteiger partial charge in [0.25, 0.3) is 0 Å². The molecule has 0 aliphatic heterocycles. The molecule has 0 radical (unpaired) electrons. The predicted octanol–water partition coefficient (Wildman–Crippen LogP) is 1.88. The van der Waals surface area contributed by atoms with E-state index in [1.807, 2.05) is 13.8 Å². The average Bonchev–Trinajstić information content (AvgIpc) is 1.27. The minimum Gasteiger partial charge on any atom is -0.0899 e. The van der Waals surface area contributed by atoms with Crippen LogP contribution >= 0.6 is 18.5 Å². The molecule has 0 bridgehead atoms. The lowest BCUT2D eigenvalue weighted by atomic mass is 10.4. The van der Waals surface area contributed by atoms with Crippen molar-refractivity contribution in [3.05, 3.63) is 0 Å². The van der Waals surface area contributed by atoms with Crippen LogP contribution in [0.15, 0.2) is 0 Å². The molecule has 0 aromatic carbocycles. The summed E-state index contributed by atoms with van der Waals surface area (Å²) in [4.78, 5) is 0.